The van der Waals surface area contributed by atoms with E-state index in [2.05, 4.69) is 18.8 Å². The molecule has 3 nitrogen and oxygen atoms in total. The topological polar surface area (TPSA) is 33.2 Å². The third-order valence-corrected chi connectivity index (χ3v) is 4.49. The van der Waals surface area contributed by atoms with Crippen LogP contribution in [0.1, 0.15) is 46.3 Å². The molecule has 0 aliphatic rings. The van der Waals surface area contributed by atoms with E-state index < -0.39 is 0 Å². The molecule has 112 valence electrons. The van der Waals surface area contributed by atoms with Crippen molar-refractivity contribution in [2.24, 2.45) is 0 Å². The second-order valence-electron chi connectivity index (χ2n) is 5.73. The van der Waals surface area contributed by atoms with Crippen LogP contribution < -0.4 is 0 Å². The molecule has 0 spiro atoms. The maximum absolute atomic E-state index is 12.3. The van der Waals surface area contributed by atoms with E-state index in [1.54, 1.807) is 11.3 Å². The fraction of sp³-hybridized carbons (Fsp3) is 0.412. The molecule has 0 atom stereocenters. The maximum atomic E-state index is 12.3. The molecule has 21 heavy (non-hydrogen) atoms. The number of ketones is 1. The highest BCUT2D eigenvalue weighted by Crippen LogP contribution is 2.16. The number of hydrogen-bond acceptors (Lipinski definition) is 4. The lowest BCUT2D eigenvalue weighted by Gasteiger charge is -2.15. The summed E-state index contributed by atoms with van der Waals surface area (Å²) in [5, 5.41) is 0. The number of aryl methyl sites for hydroxylation is 1. The Morgan fingerprint density at radius 2 is 1.95 bits per heavy atom. The average molecular weight is 302 g/mol. The van der Waals surface area contributed by atoms with Crippen molar-refractivity contribution in [1.82, 2.24) is 9.88 Å². The van der Waals surface area contributed by atoms with E-state index in [4.69, 9.17) is 0 Å². The molecule has 0 saturated carbocycles. The van der Waals surface area contributed by atoms with E-state index in [-0.39, 0.29) is 5.78 Å². The van der Waals surface area contributed by atoms with Gasteiger partial charge in [-0.25, -0.2) is 4.98 Å². The minimum Gasteiger partial charge on any atom is -0.294 e. The van der Waals surface area contributed by atoms with E-state index >= 15 is 0 Å². The summed E-state index contributed by atoms with van der Waals surface area (Å²) in [7, 11) is 1.97. The summed E-state index contributed by atoms with van der Waals surface area (Å²) in [5.41, 5.74) is 4.96. The quantitative estimate of drug-likeness (QED) is 0.759. The van der Waals surface area contributed by atoms with Gasteiger partial charge in [0.2, 0.25) is 0 Å². The molecule has 4 heteroatoms. The van der Waals surface area contributed by atoms with Gasteiger partial charge >= 0.3 is 0 Å². The zero-order chi connectivity index (χ0) is 15.4. The summed E-state index contributed by atoms with van der Waals surface area (Å²) < 4.78 is 0. The van der Waals surface area contributed by atoms with E-state index in [0.29, 0.717) is 12.5 Å². The number of benzene rings is 1. The van der Waals surface area contributed by atoms with Gasteiger partial charge in [0, 0.05) is 17.0 Å². The first-order chi connectivity index (χ1) is 9.97. The normalized spacial score (nSPS) is 11.3. The Morgan fingerprint density at radius 3 is 2.48 bits per heavy atom. The molecule has 0 unspecified atom stereocenters. The first-order valence-corrected chi connectivity index (χ1v) is 8.06. The molecule has 0 amide bonds. The molecular formula is C17H22N2OS. The summed E-state index contributed by atoms with van der Waals surface area (Å²) in [6.07, 6.45) is 0. The zero-order valence-electron chi connectivity index (χ0n) is 13.1. The smallest absolute Gasteiger partial charge is 0.176 e. The van der Waals surface area contributed by atoms with Crippen LogP contribution >= 0.6 is 11.3 Å². The van der Waals surface area contributed by atoms with Gasteiger partial charge < -0.3 is 0 Å². The lowest BCUT2D eigenvalue weighted by atomic mass is 10.0. The highest BCUT2D eigenvalue weighted by atomic mass is 32.1. The van der Waals surface area contributed by atoms with Crippen LogP contribution in [0.4, 0.5) is 0 Å². The number of carbonyl (C=O) groups is 1. The molecule has 0 fully saturated rings. The number of thiazole rings is 1. The summed E-state index contributed by atoms with van der Waals surface area (Å²) in [6, 6.07) is 7.96. The highest BCUT2D eigenvalue weighted by Gasteiger charge is 2.12. The lowest BCUT2D eigenvalue weighted by Crippen LogP contribution is -2.25. The number of hydrogen-bond donors (Lipinski definition) is 0. The molecule has 1 aromatic heterocycles. The van der Waals surface area contributed by atoms with Gasteiger partial charge in [0.05, 0.1) is 17.7 Å². The van der Waals surface area contributed by atoms with Gasteiger partial charge in [-0.3, -0.25) is 9.69 Å². The monoisotopic (exact) mass is 302 g/mol. The third-order valence-electron chi connectivity index (χ3n) is 3.57. The zero-order valence-corrected chi connectivity index (χ0v) is 13.9. The molecule has 0 N–H and O–H groups in total. The summed E-state index contributed by atoms with van der Waals surface area (Å²) >= 11 is 1.64. The number of carbonyl (C=O) groups excluding carboxylic acids is 1. The van der Waals surface area contributed by atoms with Gasteiger partial charge in [0.1, 0.15) is 0 Å². The Hall–Kier alpha value is -1.52. The first-order valence-electron chi connectivity index (χ1n) is 7.18. The molecule has 0 bridgehead atoms. The van der Waals surface area contributed by atoms with Crippen molar-refractivity contribution in [3.63, 3.8) is 0 Å². The standard InChI is InChI=1S/C17H22N2OS/c1-12(2)14-5-7-15(8-6-14)16(20)9-19(4)10-17-13(3)18-11-21-17/h5-8,11-12H,9-10H2,1-4H3. The summed E-state index contributed by atoms with van der Waals surface area (Å²) in [5.74, 6) is 0.654. The van der Waals surface area contributed by atoms with Crippen molar-refractivity contribution in [3.05, 3.63) is 51.5 Å². The van der Waals surface area contributed by atoms with Crippen molar-refractivity contribution in [1.29, 1.82) is 0 Å². The van der Waals surface area contributed by atoms with E-state index in [9.17, 15) is 4.79 Å². The van der Waals surface area contributed by atoms with Crippen LogP contribution in [0, 0.1) is 6.92 Å². The Kier molecular flexibility index (Phi) is 5.26. The fourth-order valence-electron chi connectivity index (χ4n) is 2.17. The maximum Gasteiger partial charge on any atom is 0.176 e. The molecule has 0 aliphatic heterocycles. The molecule has 1 aromatic carbocycles. The van der Waals surface area contributed by atoms with E-state index in [1.165, 1.54) is 10.4 Å². The minimum atomic E-state index is 0.162. The second kappa shape index (κ2) is 6.96. The Labute approximate surface area is 130 Å². The minimum absolute atomic E-state index is 0.162. The van der Waals surface area contributed by atoms with Gasteiger partial charge in [-0.05, 0) is 25.5 Å². The van der Waals surface area contributed by atoms with Crippen LogP contribution in [-0.2, 0) is 6.54 Å². The highest BCUT2D eigenvalue weighted by molar-refractivity contribution is 7.09. The van der Waals surface area contributed by atoms with Gasteiger partial charge in [-0.2, -0.15) is 0 Å². The molecule has 0 saturated heterocycles. The lowest BCUT2D eigenvalue weighted by molar-refractivity contribution is 0.0943. The average Bonchev–Trinajstić information content (AvgIpc) is 2.84. The Balaban J connectivity index is 1.96. The SMILES string of the molecule is Cc1ncsc1CN(C)CC(=O)c1ccc(C(C)C)cc1. The predicted molar refractivity (Wildman–Crippen MR) is 88.0 cm³/mol. The third kappa shape index (κ3) is 4.22. The molecule has 0 radical (unpaired) electrons. The van der Waals surface area contributed by atoms with Crippen molar-refractivity contribution in [2.75, 3.05) is 13.6 Å². The van der Waals surface area contributed by atoms with Gasteiger partial charge in [0.25, 0.3) is 0 Å². The van der Waals surface area contributed by atoms with Crippen molar-refractivity contribution >= 4 is 17.1 Å². The van der Waals surface area contributed by atoms with E-state index in [0.717, 1.165) is 17.8 Å². The van der Waals surface area contributed by atoms with E-state index in [1.807, 2.05) is 48.6 Å². The molecule has 1 heterocycles. The van der Waals surface area contributed by atoms with Crippen LogP contribution in [-0.4, -0.2) is 29.3 Å². The first kappa shape index (κ1) is 15.9. The number of rotatable bonds is 6. The largest absolute Gasteiger partial charge is 0.294 e. The van der Waals surface area contributed by atoms with Crippen molar-refractivity contribution in [3.8, 4) is 0 Å². The summed E-state index contributed by atoms with van der Waals surface area (Å²) in [4.78, 5) is 19.8. The second-order valence-corrected chi connectivity index (χ2v) is 6.67. The van der Waals surface area contributed by atoms with Crippen LogP contribution in [0.2, 0.25) is 0 Å². The number of nitrogens with zero attached hydrogens (tertiary/aromatic N) is 2. The van der Waals surface area contributed by atoms with Crippen LogP contribution in [0.15, 0.2) is 29.8 Å². The van der Waals surface area contributed by atoms with Crippen LogP contribution in [0.5, 0.6) is 0 Å². The molecular weight excluding hydrogens is 280 g/mol. The predicted octanol–water partition coefficient (Wildman–Crippen LogP) is 3.89. The fourth-order valence-corrected chi connectivity index (χ4v) is 3.03. The molecule has 2 aromatic rings. The van der Waals surface area contributed by atoms with Crippen LogP contribution in [0.25, 0.3) is 0 Å². The van der Waals surface area contributed by atoms with Gasteiger partial charge in [-0.1, -0.05) is 38.1 Å². The number of likely N-dealkylation sites (N-methyl/N-ethyl adjacent to an activating group) is 1. The van der Waals surface area contributed by atoms with Crippen molar-refractivity contribution < 1.29 is 4.79 Å². The Bertz CT molecular complexity index is 602. The molecule has 0 aliphatic carbocycles. The summed E-state index contributed by atoms with van der Waals surface area (Å²) in [6.45, 7) is 7.51. The van der Waals surface area contributed by atoms with Gasteiger partial charge in [0.15, 0.2) is 5.78 Å². The number of aromatic nitrogens is 1. The number of Topliss-reactive ketones (excluding diaryl/α,β-unsaturated/α-hetero) is 1. The van der Waals surface area contributed by atoms with Crippen molar-refractivity contribution in [2.45, 2.75) is 33.2 Å². The molecule has 2 rings (SSSR count). The van der Waals surface area contributed by atoms with Crippen LogP contribution in [0.3, 0.4) is 0 Å². The van der Waals surface area contributed by atoms with Gasteiger partial charge in [-0.15, -0.1) is 11.3 Å². The Morgan fingerprint density at radius 1 is 1.29 bits per heavy atom.